The normalized spacial score (nSPS) is 12.0. The van der Waals surface area contributed by atoms with Crippen LogP contribution in [-0.2, 0) is 20.1 Å². The third-order valence-corrected chi connectivity index (χ3v) is 4.74. The average molecular weight is 633 g/mol. The van der Waals surface area contributed by atoms with Crippen molar-refractivity contribution in [1.82, 2.24) is 4.98 Å². The van der Waals surface area contributed by atoms with Crippen molar-refractivity contribution in [1.29, 1.82) is 0 Å². The summed E-state index contributed by atoms with van der Waals surface area (Å²) in [7, 11) is 1.50. The summed E-state index contributed by atoms with van der Waals surface area (Å²) in [4.78, 5) is 8.11. The third kappa shape index (κ3) is 6.28. The molecule has 2 heterocycles. The Morgan fingerprint density at radius 2 is 1.68 bits per heavy atom. The van der Waals surface area contributed by atoms with Crippen LogP contribution in [0.15, 0.2) is 97.5 Å². The van der Waals surface area contributed by atoms with Crippen LogP contribution in [0.3, 0.4) is 0 Å². The van der Waals surface area contributed by atoms with Crippen molar-refractivity contribution in [3.8, 4) is 17.0 Å². The second-order valence-corrected chi connectivity index (χ2v) is 6.93. The van der Waals surface area contributed by atoms with Crippen LogP contribution in [0, 0.1) is 30.4 Å². The van der Waals surface area contributed by atoms with Crippen LogP contribution in [0.5, 0.6) is 5.75 Å². The first-order valence-corrected chi connectivity index (χ1v) is 10.1. The Morgan fingerprint density at radius 1 is 0.912 bits per heavy atom. The number of hydrogen-bond donors (Lipinski definition) is 0. The van der Waals surface area contributed by atoms with Crippen molar-refractivity contribution in [2.45, 2.75) is 0 Å². The minimum Gasteiger partial charge on any atom is -0.500 e. The smallest absolute Gasteiger partial charge is 0.500 e. The number of aromatic nitrogens is 1. The fourth-order valence-electron chi connectivity index (χ4n) is 3.11. The maximum absolute atomic E-state index is 13.4. The zero-order valence-electron chi connectivity index (χ0n) is 18.2. The number of ether oxygens (including phenoxy) is 1. The van der Waals surface area contributed by atoms with E-state index in [0.717, 1.165) is 23.5 Å². The molecule has 1 aliphatic heterocycles. The van der Waals surface area contributed by atoms with Crippen LogP contribution in [-0.4, -0.2) is 12.1 Å². The van der Waals surface area contributed by atoms with Crippen molar-refractivity contribution >= 4 is 11.4 Å². The van der Waals surface area contributed by atoms with Gasteiger partial charge in [-0.3, -0.25) is 8.78 Å². The Hall–Kier alpha value is -3.54. The van der Waals surface area contributed by atoms with Gasteiger partial charge in [0.1, 0.15) is 5.75 Å². The molecule has 4 aromatic rings. The molecule has 3 aromatic carbocycles. The summed E-state index contributed by atoms with van der Waals surface area (Å²) >= 11 is 0. The van der Waals surface area contributed by atoms with Gasteiger partial charge in [-0.1, -0.05) is 29.8 Å². The molecule has 0 N–H and O–H groups in total. The van der Waals surface area contributed by atoms with E-state index < -0.39 is 11.6 Å². The minimum absolute atomic E-state index is 0. The molecule has 34 heavy (non-hydrogen) atoms. The van der Waals surface area contributed by atoms with Crippen molar-refractivity contribution in [2.75, 3.05) is 16.9 Å². The van der Waals surface area contributed by atoms with Crippen LogP contribution >= 0.6 is 0 Å². The molecule has 0 saturated carbocycles. The molecule has 0 radical (unpaired) electrons. The van der Waals surface area contributed by atoms with Crippen molar-refractivity contribution in [3.63, 3.8) is 0 Å². The Morgan fingerprint density at radius 3 is 2.38 bits per heavy atom. The number of methoxy groups -OCH3 is 1. The Balaban J connectivity index is 0.000000186. The number of anilines is 2. The molecule has 5 rings (SSSR count). The molecule has 1 aliphatic rings. The molecule has 0 unspecified atom stereocenters. The standard InChI is InChI=1S/C15H12N2.C12H8F2NO.Ir/c1-3-7-14(8-4-1)16-11-12-17(13-16)15-9-5-2-6-10-15;1-16-9-4-5-15-12(7-9)10-3-2-8(13)6-11(10)14;/h1-9,11-13H;2,4-7H,1H3;/q-2;-1;+3. The van der Waals surface area contributed by atoms with Gasteiger partial charge in [-0.2, -0.15) is 30.3 Å². The summed E-state index contributed by atoms with van der Waals surface area (Å²) in [5.74, 6) is -0.799. The summed E-state index contributed by atoms with van der Waals surface area (Å²) in [6.45, 7) is 2.04. The Labute approximate surface area is 211 Å². The monoisotopic (exact) mass is 633 g/mol. The second kappa shape index (κ2) is 12.1. The topological polar surface area (TPSA) is 28.6 Å². The van der Waals surface area contributed by atoms with E-state index in [2.05, 4.69) is 34.1 Å². The first-order chi connectivity index (χ1) is 16.1. The van der Waals surface area contributed by atoms with Crippen molar-refractivity contribution in [3.05, 3.63) is 128 Å². The molecule has 4 nitrogen and oxygen atoms in total. The van der Waals surface area contributed by atoms with Gasteiger partial charge in [0.05, 0.1) is 7.11 Å². The average Bonchev–Trinajstić information content (AvgIpc) is 3.36. The molecule has 0 fully saturated rings. The van der Waals surface area contributed by atoms with Gasteiger partial charge >= 0.3 is 20.1 Å². The number of para-hydroxylation sites is 2. The molecule has 1 aromatic heterocycles. The first kappa shape index (κ1) is 25.1. The minimum atomic E-state index is -0.694. The quantitative estimate of drug-likeness (QED) is 0.249. The number of nitrogens with zero attached hydrogens (tertiary/aromatic N) is 3. The van der Waals surface area contributed by atoms with E-state index in [1.54, 1.807) is 12.1 Å². The number of halogens is 2. The zero-order valence-corrected chi connectivity index (χ0v) is 20.5. The fourth-order valence-corrected chi connectivity index (χ4v) is 3.11. The van der Waals surface area contributed by atoms with E-state index in [9.17, 15) is 8.78 Å². The van der Waals surface area contributed by atoms with Crippen molar-refractivity contribution in [2.24, 2.45) is 0 Å². The SMILES string of the molecule is COc1ccnc(-c2[c-]cc(F)cc2F)c1.[Ir+3].[c-]1ccccc1N1C=CN(c2ccccc2)[CH-]1. The van der Waals surface area contributed by atoms with Gasteiger partial charge in [0.25, 0.3) is 0 Å². The predicted molar refractivity (Wildman–Crippen MR) is 125 cm³/mol. The van der Waals surface area contributed by atoms with Crippen LogP contribution in [0.2, 0.25) is 0 Å². The fraction of sp³-hybridized carbons (Fsp3) is 0.0370. The van der Waals surface area contributed by atoms with Gasteiger partial charge in [-0.05, 0) is 42.4 Å². The van der Waals surface area contributed by atoms with E-state index >= 15 is 0 Å². The van der Waals surface area contributed by atoms with Gasteiger partial charge in [0.15, 0.2) is 0 Å². The largest absolute Gasteiger partial charge is 3.00 e. The van der Waals surface area contributed by atoms with Crippen molar-refractivity contribution < 1.29 is 33.6 Å². The molecule has 0 bridgehead atoms. The number of rotatable bonds is 4. The maximum atomic E-state index is 13.4. The zero-order chi connectivity index (χ0) is 23.0. The molecule has 0 amide bonds. The molecular formula is C27H20F2IrN3O. The maximum Gasteiger partial charge on any atom is 3.00 e. The molecule has 0 aliphatic carbocycles. The van der Waals surface area contributed by atoms with Crippen LogP contribution < -0.4 is 14.5 Å². The van der Waals surface area contributed by atoms with E-state index in [0.29, 0.717) is 11.4 Å². The van der Waals surface area contributed by atoms with Gasteiger partial charge in [0, 0.05) is 23.5 Å². The van der Waals surface area contributed by atoms with Crippen LogP contribution in [0.25, 0.3) is 11.3 Å². The van der Waals surface area contributed by atoms with Gasteiger partial charge < -0.3 is 19.5 Å². The molecule has 172 valence electrons. The molecule has 0 atom stereocenters. The summed E-state index contributed by atoms with van der Waals surface area (Å²) in [6.07, 6.45) is 5.56. The van der Waals surface area contributed by atoms with E-state index in [1.807, 2.05) is 66.4 Å². The van der Waals surface area contributed by atoms with E-state index in [-0.39, 0.29) is 25.7 Å². The first-order valence-electron chi connectivity index (χ1n) is 10.1. The Kier molecular flexibility index (Phi) is 8.91. The summed E-state index contributed by atoms with van der Waals surface area (Å²) < 4.78 is 31.1. The number of benzene rings is 3. The predicted octanol–water partition coefficient (Wildman–Crippen LogP) is 6.24. The summed E-state index contributed by atoms with van der Waals surface area (Å²) in [6, 6.07) is 29.0. The summed E-state index contributed by atoms with van der Waals surface area (Å²) in [5, 5.41) is 0. The second-order valence-electron chi connectivity index (χ2n) is 6.93. The van der Waals surface area contributed by atoms with Gasteiger partial charge in [0.2, 0.25) is 0 Å². The van der Waals surface area contributed by atoms with E-state index in [4.69, 9.17) is 4.74 Å². The molecule has 0 spiro atoms. The summed E-state index contributed by atoms with van der Waals surface area (Å²) in [5.41, 5.74) is 2.68. The van der Waals surface area contributed by atoms with E-state index in [1.165, 1.54) is 13.3 Å². The molecule has 0 saturated heterocycles. The molecule has 7 heteroatoms. The Bertz CT molecular complexity index is 1180. The molecular weight excluding hydrogens is 613 g/mol. The van der Waals surface area contributed by atoms with Gasteiger partial charge in [-0.15, -0.1) is 24.5 Å². The van der Waals surface area contributed by atoms with Gasteiger partial charge in [-0.25, -0.2) is 0 Å². The van der Waals surface area contributed by atoms with Crippen LogP contribution in [0.4, 0.5) is 20.2 Å². The number of hydrogen-bond acceptors (Lipinski definition) is 4. The third-order valence-electron chi connectivity index (χ3n) is 4.74. The number of pyridine rings is 1. The van der Waals surface area contributed by atoms with Crippen LogP contribution in [0.1, 0.15) is 0 Å².